The Bertz CT molecular complexity index is 428. The van der Waals surface area contributed by atoms with Crippen LogP contribution in [0.1, 0.15) is 18.4 Å². The number of nitrogens with one attached hydrogen (secondary N) is 1. The molecule has 0 radical (unpaired) electrons. The summed E-state index contributed by atoms with van der Waals surface area (Å²) in [6.07, 6.45) is 7.65. The molecule has 1 saturated heterocycles. The minimum atomic E-state index is -0.244. The van der Waals surface area contributed by atoms with Crippen LogP contribution in [-0.2, 0) is 0 Å². The van der Waals surface area contributed by atoms with Gasteiger partial charge in [-0.25, -0.2) is 4.39 Å². The number of rotatable bonds is 1. The van der Waals surface area contributed by atoms with Crippen LogP contribution in [0.15, 0.2) is 24.5 Å². The number of hydrogen-bond acceptors (Lipinski definition) is 2. The van der Waals surface area contributed by atoms with E-state index >= 15 is 0 Å². The summed E-state index contributed by atoms with van der Waals surface area (Å²) in [6, 6.07) is 1.60. The quantitative estimate of drug-likeness (QED) is 0.782. The molecule has 1 N–H and O–H groups in total. The zero-order valence-electron chi connectivity index (χ0n) is 9.12. The highest BCUT2D eigenvalue weighted by atomic mass is 19.1. The van der Waals surface area contributed by atoms with Crippen molar-refractivity contribution in [2.75, 3.05) is 13.1 Å². The van der Waals surface area contributed by atoms with Crippen molar-refractivity contribution >= 4 is 5.57 Å². The first kappa shape index (κ1) is 9.97. The standard InChI is InChI=1S/C13H15FN2/c14-11-4-10(6-15-7-11)12-3-1-2-9-5-16-8-13(9)12/h3-4,6-7,9,13,16H,1-2,5,8H2. The van der Waals surface area contributed by atoms with Gasteiger partial charge in [0.1, 0.15) is 5.82 Å². The lowest BCUT2D eigenvalue weighted by molar-refractivity contribution is 0.454. The summed E-state index contributed by atoms with van der Waals surface area (Å²) in [4.78, 5) is 3.94. The molecule has 16 heavy (non-hydrogen) atoms. The molecule has 1 aromatic heterocycles. The summed E-state index contributed by atoms with van der Waals surface area (Å²) >= 11 is 0. The average Bonchev–Trinajstić information content (AvgIpc) is 2.76. The van der Waals surface area contributed by atoms with Gasteiger partial charge in [-0.05, 0) is 42.5 Å². The van der Waals surface area contributed by atoms with Crippen LogP contribution in [0.5, 0.6) is 0 Å². The van der Waals surface area contributed by atoms with E-state index in [-0.39, 0.29) is 5.82 Å². The second-order valence-corrected chi connectivity index (χ2v) is 4.65. The molecule has 2 unspecified atom stereocenters. The normalized spacial score (nSPS) is 28.7. The van der Waals surface area contributed by atoms with E-state index < -0.39 is 0 Å². The number of halogens is 1. The molecule has 1 aliphatic carbocycles. The highest BCUT2D eigenvalue weighted by molar-refractivity contribution is 5.68. The Hall–Kier alpha value is -1.22. The van der Waals surface area contributed by atoms with Gasteiger partial charge in [0.15, 0.2) is 0 Å². The van der Waals surface area contributed by atoms with E-state index in [9.17, 15) is 4.39 Å². The smallest absolute Gasteiger partial charge is 0.142 e. The van der Waals surface area contributed by atoms with E-state index in [0.717, 1.165) is 31.0 Å². The number of nitrogens with zero attached hydrogens (tertiary/aromatic N) is 1. The molecular formula is C13H15FN2. The van der Waals surface area contributed by atoms with Crippen molar-refractivity contribution in [1.82, 2.24) is 10.3 Å². The highest BCUT2D eigenvalue weighted by Gasteiger charge is 2.32. The van der Waals surface area contributed by atoms with Gasteiger partial charge in [-0.2, -0.15) is 0 Å². The van der Waals surface area contributed by atoms with Gasteiger partial charge in [-0.1, -0.05) is 6.08 Å². The van der Waals surface area contributed by atoms with Crippen molar-refractivity contribution in [2.24, 2.45) is 11.8 Å². The van der Waals surface area contributed by atoms with Crippen molar-refractivity contribution in [1.29, 1.82) is 0 Å². The fourth-order valence-corrected chi connectivity index (χ4v) is 2.91. The summed E-state index contributed by atoms with van der Waals surface area (Å²) in [7, 11) is 0. The highest BCUT2D eigenvalue weighted by Crippen LogP contribution is 2.38. The van der Waals surface area contributed by atoms with Gasteiger partial charge in [0, 0.05) is 18.7 Å². The van der Waals surface area contributed by atoms with E-state index in [1.54, 1.807) is 12.3 Å². The van der Waals surface area contributed by atoms with E-state index in [4.69, 9.17) is 0 Å². The minimum Gasteiger partial charge on any atom is -0.316 e. The Kier molecular flexibility index (Phi) is 2.48. The van der Waals surface area contributed by atoms with E-state index in [0.29, 0.717) is 5.92 Å². The maximum atomic E-state index is 13.2. The van der Waals surface area contributed by atoms with Crippen molar-refractivity contribution < 1.29 is 4.39 Å². The molecule has 0 spiro atoms. The van der Waals surface area contributed by atoms with Crippen LogP contribution in [0, 0.1) is 17.7 Å². The molecule has 3 rings (SSSR count). The molecule has 3 heteroatoms. The van der Waals surface area contributed by atoms with Crippen LogP contribution < -0.4 is 5.32 Å². The Balaban J connectivity index is 1.96. The number of fused-ring (bicyclic) bond motifs is 1. The van der Waals surface area contributed by atoms with Crippen molar-refractivity contribution in [3.8, 4) is 0 Å². The third kappa shape index (κ3) is 1.65. The van der Waals surface area contributed by atoms with E-state index in [2.05, 4.69) is 16.4 Å². The van der Waals surface area contributed by atoms with Crippen LogP contribution in [0.3, 0.4) is 0 Å². The Labute approximate surface area is 94.6 Å². The number of hydrogen-bond donors (Lipinski definition) is 1. The molecule has 0 bridgehead atoms. The third-order valence-electron chi connectivity index (χ3n) is 3.68. The topological polar surface area (TPSA) is 24.9 Å². The van der Waals surface area contributed by atoms with Gasteiger partial charge in [-0.15, -0.1) is 0 Å². The second-order valence-electron chi connectivity index (χ2n) is 4.65. The third-order valence-corrected chi connectivity index (χ3v) is 3.68. The summed E-state index contributed by atoms with van der Waals surface area (Å²) in [5.74, 6) is 1.03. The number of pyridine rings is 1. The Morgan fingerprint density at radius 1 is 1.31 bits per heavy atom. The fraction of sp³-hybridized carbons (Fsp3) is 0.462. The van der Waals surface area contributed by atoms with Crippen molar-refractivity contribution in [3.63, 3.8) is 0 Å². The van der Waals surface area contributed by atoms with Gasteiger partial charge in [0.05, 0.1) is 6.20 Å². The SMILES string of the molecule is Fc1cncc(C2=CCCC3CNCC23)c1. The summed E-state index contributed by atoms with van der Waals surface area (Å²) < 4.78 is 13.2. The molecule has 1 fully saturated rings. The zero-order chi connectivity index (χ0) is 11.0. The zero-order valence-corrected chi connectivity index (χ0v) is 9.12. The van der Waals surface area contributed by atoms with Crippen LogP contribution >= 0.6 is 0 Å². The fourth-order valence-electron chi connectivity index (χ4n) is 2.91. The van der Waals surface area contributed by atoms with Gasteiger partial charge in [0.2, 0.25) is 0 Å². The molecule has 0 aromatic carbocycles. The molecule has 1 aromatic rings. The van der Waals surface area contributed by atoms with Gasteiger partial charge in [-0.3, -0.25) is 4.98 Å². The molecule has 2 heterocycles. The Morgan fingerprint density at radius 3 is 3.12 bits per heavy atom. The number of aromatic nitrogens is 1. The van der Waals surface area contributed by atoms with Crippen molar-refractivity contribution in [2.45, 2.75) is 12.8 Å². The second kappa shape index (κ2) is 3.98. The van der Waals surface area contributed by atoms with E-state index in [1.807, 2.05) is 0 Å². The molecule has 84 valence electrons. The van der Waals surface area contributed by atoms with Gasteiger partial charge in [0.25, 0.3) is 0 Å². The predicted molar refractivity (Wildman–Crippen MR) is 61.3 cm³/mol. The average molecular weight is 218 g/mol. The van der Waals surface area contributed by atoms with E-state index in [1.165, 1.54) is 18.2 Å². The maximum Gasteiger partial charge on any atom is 0.142 e. The first-order valence-corrected chi connectivity index (χ1v) is 5.86. The lowest BCUT2D eigenvalue weighted by Crippen LogP contribution is -2.18. The first-order valence-electron chi connectivity index (χ1n) is 5.86. The van der Waals surface area contributed by atoms with Crippen LogP contribution in [0.4, 0.5) is 4.39 Å². The Morgan fingerprint density at radius 2 is 2.25 bits per heavy atom. The predicted octanol–water partition coefficient (Wildman–Crippen LogP) is 2.23. The number of allylic oxidation sites excluding steroid dienone is 1. The largest absolute Gasteiger partial charge is 0.316 e. The molecule has 2 aliphatic rings. The van der Waals surface area contributed by atoms with Gasteiger partial charge < -0.3 is 5.32 Å². The van der Waals surface area contributed by atoms with Gasteiger partial charge >= 0.3 is 0 Å². The molecule has 0 amide bonds. The lowest BCUT2D eigenvalue weighted by Gasteiger charge is -2.26. The molecule has 2 nitrogen and oxygen atoms in total. The molecule has 2 atom stereocenters. The summed E-state index contributed by atoms with van der Waals surface area (Å²) in [6.45, 7) is 2.12. The lowest BCUT2D eigenvalue weighted by atomic mass is 9.78. The molecular weight excluding hydrogens is 203 g/mol. The maximum absolute atomic E-state index is 13.2. The van der Waals surface area contributed by atoms with Crippen LogP contribution in [0.25, 0.3) is 5.57 Å². The molecule has 0 saturated carbocycles. The van der Waals surface area contributed by atoms with Crippen molar-refractivity contribution in [3.05, 3.63) is 35.9 Å². The van der Waals surface area contributed by atoms with Crippen LogP contribution in [0.2, 0.25) is 0 Å². The monoisotopic (exact) mass is 218 g/mol. The molecule has 1 aliphatic heterocycles. The summed E-state index contributed by atoms with van der Waals surface area (Å²) in [5, 5.41) is 3.42. The van der Waals surface area contributed by atoms with Crippen LogP contribution in [-0.4, -0.2) is 18.1 Å². The minimum absolute atomic E-state index is 0.244. The first-order chi connectivity index (χ1) is 7.84. The summed E-state index contributed by atoms with van der Waals surface area (Å²) in [5.41, 5.74) is 2.24.